The standard InChI is InChI=1S/C15H16F7NO3/c1-8(9-3-5-10(6-4-9)26-15(20,21)22)23-11(24)7-13(2,25)14(18,19)12(16)17/h3-6,8,12,25H,7H2,1-2H3,(H,23,24)/t8-,13-/m0/s1. The second-order valence-corrected chi connectivity index (χ2v) is 5.78. The molecule has 0 bridgehead atoms. The summed E-state index contributed by atoms with van der Waals surface area (Å²) in [5.41, 5.74) is -2.98. The topological polar surface area (TPSA) is 58.6 Å². The van der Waals surface area contributed by atoms with Gasteiger partial charge in [-0.1, -0.05) is 12.1 Å². The van der Waals surface area contributed by atoms with Gasteiger partial charge in [-0.2, -0.15) is 8.78 Å². The molecule has 2 atom stereocenters. The molecule has 0 saturated heterocycles. The molecule has 0 heterocycles. The second-order valence-electron chi connectivity index (χ2n) is 5.78. The number of carbonyl (C=O) groups excluding carboxylic acids is 1. The van der Waals surface area contributed by atoms with Crippen LogP contribution in [-0.4, -0.2) is 35.3 Å². The maximum atomic E-state index is 13.2. The zero-order valence-corrected chi connectivity index (χ0v) is 13.6. The monoisotopic (exact) mass is 391 g/mol. The lowest BCUT2D eigenvalue weighted by Crippen LogP contribution is -2.53. The highest BCUT2D eigenvalue weighted by Gasteiger charge is 2.57. The average Bonchev–Trinajstić information content (AvgIpc) is 2.44. The van der Waals surface area contributed by atoms with Crippen LogP contribution in [0.4, 0.5) is 30.7 Å². The van der Waals surface area contributed by atoms with E-state index in [0.29, 0.717) is 12.5 Å². The van der Waals surface area contributed by atoms with Crippen molar-refractivity contribution in [1.82, 2.24) is 5.32 Å². The molecule has 0 aliphatic rings. The molecule has 0 radical (unpaired) electrons. The first-order valence-corrected chi connectivity index (χ1v) is 7.19. The van der Waals surface area contributed by atoms with Crippen LogP contribution in [0.5, 0.6) is 5.75 Å². The molecule has 1 aromatic rings. The van der Waals surface area contributed by atoms with Crippen LogP contribution in [0.1, 0.15) is 31.9 Å². The predicted octanol–water partition coefficient (Wildman–Crippen LogP) is 3.80. The van der Waals surface area contributed by atoms with Crippen molar-refractivity contribution in [3.63, 3.8) is 0 Å². The number of ether oxygens (including phenoxy) is 1. The zero-order valence-electron chi connectivity index (χ0n) is 13.6. The Morgan fingerprint density at radius 1 is 1.15 bits per heavy atom. The highest BCUT2D eigenvalue weighted by molar-refractivity contribution is 5.77. The second kappa shape index (κ2) is 7.68. The van der Waals surface area contributed by atoms with Crippen molar-refractivity contribution in [2.24, 2.45) is 0 Å². The summed E-state index contributed by atoms with van der Waals surface area (Å²) in [6.07, 6.45) is -10.3. The summed E-state index contributed by atoms with van der Waals surface area (Å²) >= 11 is 0. The predicted molar refractivity (Wildman–Crippen MR) is 75.9 cm³/mol. The van der Waals surface area contributed by atoms with E-state index < -0.39 is 48.4 Å². The Morgan fingerprint density at radius 2 is 1.65 bits per heavy atom. The van der Waals surface area contributed by atoms with E-state index in [4.69, 9.17) is 0 Å². The van der Waals surface area contributed by atoms with Crippen molar-refractivity contribution >= 4 is 5.91 Å². The first kappa shape index (κ1) is 22.0. The smallest absolute Gasteiger partial charge is 0.406 e. The van der Waals surface area contributed by atoms with Crippen molar-refractivity contribution in [2.45, 2.75) is 50.6 Å². The minimum Gasteiger partial charge on any atom is -0.406 e. The summed E-state index contributed by atoms with van der Waals surface area (Å²) in [5, 5.41) is 11.7. The van der Waals surface area contributed by atoms with Gasteiger partial charge in [-0.05, 0) is 31.5 Å². The SMILES string of the molecule is C[C@H](NC(=O)C[C@](C)(O)C(F)(F)C(F)F)c1ccc(OC(F)(F)F)cc1. The molecule has 0 saturated carbocycles. The van der Waals surface area contributed by atoms with Gasteiger partial charge in [0.15, 0.2) is 0 Å². The molecule has 148 valence electrons. The van der Waals surface area contributed by atoms with Gasteiger partial charge in [0.05, 0.1) is 12.5 Å². The number of amides is 1. The van der Waals surface area contributed by atoms with Gasteiger partial charge in [0.2, 0.25) is 5.91 Å². The molecule has 1 rings (SSSR count). The molecule has 26 heavy (non-hydrogen) atoms. The molecule has 0 aliphatic heterocycles. The third-order valence-electron chi connectivity index (χ3n) is 3.49. The number of hydrogen-bond donors (Lipinski definition) is 2. The Labute approximate surface area is 143 Å². The summed E-state index contributed by atoms with van der Waals surface area (Å²) < 4.78 is 91.0. The number of benzene rings is 1. The Balaban J connectivity index is 2.72. The number of aliphatic hydroxyl groups is 1. The van der Waals surface area contributed by atoms with Gasteiger partial charge < -0.3 is 15.2 Å². The number of nitrogens with one attached hydrogen (secondary N) is 1. The molecule has 0 unspecified atom stereocenters. The van der Waals surface area contributed by atoms with Gasteiger partial charge >= 0.3 is 18.7 Å². The van der Waals surface area contributed by atoms with Crippen LogP contribution < -0.4 is 10.1 Å². The lowest BCUT2D eigenvalue weighted by atomic mass is 9.93. The quantitative estimate of drug-likeness (QED) is 0.696. The molecule has 0 aromatic heterocycles. The molecule has 0 aliphatic carbocycles. The Hall–Kier alpha value is -2.04. The van der Waals surface area contributed by atoms with Gasteiger partial charge in [0.1, 0.15) is 11.4 Å². The zero-order chi connectivity index (χ0) is 20.3. The third-order valence-corrected chi connectivity index (χ3v) is 3.49. The average molecular weight is 391 g/mol. The first-order chi connectivity index (χ1) is 11.7. The highest BCUT2D eigenvalue weighted by atomic mass is 19.4. The van der Waals surface area contributed by atoms with Crippen molar-refractivity contribution in [3.8, 4) is 5.75 Å². The fourth-order valence-electron chi connectivity index (χ4n) is 2.00. The van der Waals surface area contributed by atoms with E-state index in [1.54, 1.807) is 0 Å². The maximum absolute atomic E-state index is 13.2. The maximum Gasteiger partial charge on any atom is 0.573 e. The van der Waals surface area contributed by atoms with Crippen LogP contribution in [0.25, 0.3) is 0 Å². The molecule has 0 fully saturated rings. The summed E-state index contributed by atoms with van der Waals surface area (Å²) in [6.45, 7) is 1.80. The van der Waals surface area contributed by atoms with E-state index in [1.165, 1.54) is 19.1 Å². The van der Waals surface area contributed by atoms with Crippen molar-refractivity contribution in [3.05, 3.63) is 29.8 Å². The van der Waals surface area contributed by atoms with Crippen LogP contribution in [0, 0.1) is 0 Å². The highest BCUT2D eigenvalue weighted by Crippen LogP contribution is 2.37. The van der Waals surface area contributed by atoms with Crippen molar-refractivity contribution in [2.75, 3.05) is 0 Å². The summed E-state index contributed by atoms with van der Waals surface area (Å²) in [6, 6.07) is 3.49. The molecule has 11 heteroatoms. The van der Waals surface area contributed by atoms with Gasteiger partial charge in [-0.25, -0.2) is 8.78 Å². The minimum atomic E-state index is -4.87. The lowest BCUT2D eigenvalue weighted by Gasteiger charge is -2.31. The lowest BCUT2D eigenvalue weighted by molar-refractivity contribution is -0.274. The summed E-state index contributed by atoms with van der Waals surface area (Å²) in [5.74, 6) is -6.44. The van der Waals surface area contributed by atoms with Crippen molar-refractivity contribution < 1.29 is 45.4 Å². The van der Waals surface area contributed by atoms with Crippen LogP contribution in [0.3, 0.4) is 0 Å². The normalized spacial score (nSPS) is 16.1. The molecule has 4 nitrogen and oxygen atoms in total. The van der Waals surface area contributed by atoms with E-state index in [0.717, 1.165) is 12.1 Å². The fourth-order valence-corrected chi connectivity index (χ4v) is 2.00. The molecular weight excluding hydrogens is 375 g/mol. The number of rotatable bonds is 7. The van der Waals surface area contributed by atoms with E-state index in [9.17, 15) is 40.6 Å². The molecular formula is C15H16F7NO3. The van der Waals surface area contributed by atoms with Crippen LogP contribution in [-0.2, 0) is 4.79 Å². The van der Waals surface area contributed by atoms with Gasteiger partial charge in [-0.3, -0.25) is 4.79 Å². The van der Waals surface area contributed by atoms with E-state index in [1.807, 2.05) is 0 Å². The fraction of sp³-hybridized carbons (Fsp3) is 0.533. The number of halogens is 7. The summed E-state index contributed by atoms with van der Waals surface area (Å²) in [4.78, 5) is 11.7. The van der Waals surface area contributed by atoms with E-state index in [2.05, 4.69) is 10.1 Å². The minimum absolute atomic E-state index is 0.299. The Morgan fingerprint density at radius 3 is 2.08 bits per heavy atom. The first-order valence-electron chi connectivity index (χ1n) is 7.19. The van der Waals surface area contributed by atoms with Crippen LogP contribution >= 0.6 is 0 Å². The Kier molecular flexibility index (Phi) is 6.50. The van der Waals surface area contributed by atoms with Crippen molar-refractivity contribution in [1.29, 1.82) is 0 Å². The van der Waals surface area contributed by atoms with E-state index in [-0.39, 0.29) is 0 Å². The summed E-state index contributed by atoms with van der Waals surface area (Å²) in [7, 11) is 0. The van der Waals surface area contributed by atoms with Gasteiger partial charge in [0, 0.05) is 0 Å². The Bertz CT molecular complexity index is 615. The number of hydrogen-bond acceptors (Lipinski definition) is 3. The molecule has 0 spiro atoms. The third kappa shape index (κ3) is 5.75. The largest absolute Gasteiger partial charge is 0.573 e. The number of alkyl halides is 7. The van der Waals surface area contributed by atoms with Crippen LogP contribution in [0.15, 0.2) is 24.3 Å². The van der Waals surface area contributed by atoms with E-state index >= 15 is 0 Å². The van der Waals surface area contributed by atoms with Gasteiger partial charge in [0.25, 0.3) is 0 Å². The molecule has 2 N–H and O–H groups in total. The van der Waals surface area contributed by atoms with Gasteiger partial charge in [-0.15, -0.1) is 13.2 Å². The number of carbonyl (C=O) groups is 1. The molecule has 1 aromatic carbocycles. The molecule has 1 amide bonds. The van der Waals surface area contributed by atoms with Crippen LogP contribution in [0.2, 0.25) is 0 Å².